The van der Waals surface area contributed by atoms with Crippen molar-refractivity contribution in [3.63, 3.8) is 0 Å². The molecule has 0 bridgehead atoms. The van der Waals surface area contributed by atoms with Crippen LogP contribution in [0.5, 0.6) is 0 Å². The molecule has 1 N–H and O–H groups in total. The molecule has 1 amide bonds. The third-order valence-electron chi connectivity index (χ3n) is 3.89. The van der Waals surface area contributed by atoms with E-state index in [2.05, 4.69) is 5.32 Å². The van der Waals surface area contributed by atoms with Crippen molar-refractivity contribution in [1.82, 2.24) is 10.2 Å². The number of halogens is 1. The average molecular weight is 264 g/mol. The zero-order chi connectivity index (χ0) is 13.8. The Balaban J connectivity index is 2.08. The Hall–Kier alpha value is -1.42. The summed E-state index contributed by atoms with van der Waals surface area (Å²) in [6.45, 7) is 2.75. The second kappa shape index (κ2) is 6.15. The fourth-order valence-corrected chi connectivity index (χ4v) is 2.52. The summed E-state index contributed by atoms with van der Waals surface area (Å²) in [5, 5.41) is 3.24. The van der Waals surface area contributed by atoms with Crippen LogP contribution in [-0.4, -0.2) is 30.4 Å². The van der Waals surface area contributed by atoms with Crippen molar-refractivity contribution in [3.8, 4) is 0 Å². The maximum Gasteiger partial charge on any atom is 0.239 e. The number of rotatable bonds is 3. The van der Waals surface area contributed by atoms with Crippen LogP contribution in [0.2, 0.25) is 0 Å². The number of piperidine rings is 1. The zero-order valence-corrected chi connectivity index (χ0v) is 11.5. The summed E-state index contributed by atoms with van der Waals surface area (Å²) < 4.78 is 13.8. The minimum Gasteiger partial charge on any atom is -0.338 e. The third kappa shape index (κ3) is 3.13. The van der Waals surface area contributed by atoms with Crippen molar-refractivity contribution in [2.75, 3.05) is 13.6 Å². The van der Waals surface area contributed by atoms with E-state index in [9.17, 15) is 9.18 Å². The maximum atomic E-state index is 13.8. The van der Waals surface area contributed by atoms with Crippen molar-refractivity contribution in [1.29, 1.82) is 0 Å². The Labute approximate surface area is 113 Å². The first-order valence-electron chi connectivity index (χ1n) is 6.85. The van der Waals surface area contributed by atoms with Gasteiger partial charge in [-0.15, -0.1) is 0 Å². The molecule has 0 spiro atoms. The SMILES string of the molecule is CC(c1ccccc1F)N(C)C(=O)C1CCCCN1. The first-order valence-corrected chi connectivity index (χ1v) is 6.85. The summed E-state index contributed by atoms with van der Waals surface area (Å²) in [4.78, 5) is 14.0. The fraction of sp³-hybridized carbons (Fsp3) is 0.533. The van der Waals surface area contributed by atoms with E-state index < -0.39 is 0 Å². The first-order chi connectivity index (χ1) is 9.11. The van der Waals surface area contributed by atoms with Crippen molar-refractivity contribution >= 4 is 5.91 Å². The lowest BCUT2D eigenvalue weighted by molar-refractivity contribution is -0.134. The molecule has 1 aromatic carbocycles. The minimum absolute atomic E-state index is 0.0513. The average Bonchev–Trinajstić information content (AvgIpc) is 2.46. The summed E-state index contributed by atoms with van der Waals surface area (Å²) in [5.41, 5.74) is 0.564. The topological polar surface area (TPSA) is 32.3 Å². The van der Waals surface area contributed by atoms with Gasteiger partial charge in [-0.3, -0.25) is 4.79 Å². The molecule has 0 radical (unpaired) electrons. The lowest BCUT2D eigenvalue weighted by Gasteiger charge is -2.31. The molecule has 1 heterocycles. The third-order valence-corrected chi connectivity index (χ3v) is 3.89. The Morgan fingerprint density at radius 3 is 2.79 bits per heavy atom. The molecule has 0 saturated carbocycles. The van der Waals surface area contributed by atoms with Crippen LogP contribution in [0, 0.1) is 5.82 Å². The number of hydrogen-bond acceptors (Lipinski definition) is 2. The lowest BCUT2D eigenvalue weighted by atomic mass is 10.0. The van der Waals surface area contributed by atoms with Gasteiger partial charge in [0.2, 0.25) is 5.91 Å². The Bertz CT molecular complexity index is 444. The standard InChI is InChI=1S/C15H21FN2O/c1-11(12-7-3-4-8-13(12)16)18(2)15(19)14-9-5-6-10-17-14/h3-4,7-8,11,14,17H,5-6,9-10H2,1-2H3. The number of carbonyl (C=O) groups excluding carboxylic acids is 1. The number of benzene rings is 1. The predicted molar refractivity (Wildman–Crippen MR) is 73.2 cm³/mol. The molecule has 104 valence electrons. The number of amides is 1. The molecular weight excluding hydrogens is 243 g/mol. The molecule has 3 nitrogen and oxygen atoms in total. The highest BCUT2D eigenvalue weighted by Gasteiger charge is 2.27. The molecule has 1 fully saturated rings. The Morgan fingerprint density at radius 2 is 2.16 bits per heavy atom. The van der Waals surface area contributed by atoms with Gasteiger partial charge < -0.3 is 10.2 Å². The summed E-state index contributed by atoms with van der Waals surface area (Å²) in [7, 11) is 1.75. The van der Waals surface area contributed by atoms with Crippen LogP contribution >= 0.6 is 0 Å². The van der Waals surface area contributed by atoms with Gasteiger partial charge in [0.15, 0.2) is 0 Å². The number of likely N-dealkylation sites (N-methyl/N-ethyl adjacent to an activating group) is 1. The monoisotopic (exact) mass is 264 g/mol. The lowest BCUT2D eigenvalue weighted by Crippen LogP contribution is -2.47. The second-order valence-corrected chi connectivity index (χ2v) is 5.15. The van der Waals surface area contributed by atoms with Gasteiger partial charge in [-0.1, -0.05) is 24.6 Å². The van der Waals surface area contributed by atoms with E-state index in [0.29, 0.717) is 5.56 Å². The van der Waals surface area contributed by atoms with Crippen LogP contribution in [-0.2, 0) is 4.79 Å². The molecular formula is C15H21FN2O. The first kappa shape index (κ1) is 14.0. The largest absolute Gasteiger partial charge is 0.338 e. The highest BCUT2D eigenvalue weighted by molar-refractivity contribution is 5.82. The van der Waals surface area contributed by atoms with Gasteiger partial charge in [0.25, 0.3) is 0 Å². The van der Waals surface area contributed by atoms with Crippen LogP contribution in [0.4, 0.5) is 4.39 Å². The molecule has 1 aliphatic heterocycles. The fourth-order valence-electron chi connectivity index (χ4n) is 2.52. The molecule has 0 aliphatic carbocycles. The molecule has 1 aromatic rings. The van der Waals surface area contributed by atoms with Crippen molar-refractivity contribution in [3.05, 3.63) is 35.6 Å². The molecule has 2 unspecified atom stereocenters. The summed E-state index contributed by atoms with van der Waals surface area (Å²) in [5.74, 6) is -0.207. The molecule has 2 atom stereocenters. The van der Waals surface area contributed by atoms with Crippen LogP contribution in [0.3, 0.4) is 0 Å². The molecule has 1 saturated heterocycles. The number of nitrogens with zero attached hydrogens (tertiary/aromatic N) is 1. The molecule has 1 aliphatic rings. The zero-order valence-electron chi connectivity index (χ0n) is 11.5. The number of nitrogens with one attached hydrogen (secondary N) is 1. The highest BCUT2D eigenvalue weighted by atomic mass is 19.1. The second-order valence-electron chi connectivity index (χ2n) is 5.15. The van der Waals surface area contributed by atoms with Crippen LogP contribution in [0.1, 0.15) is 37.8 Å². The smallest absolute Gasteiger partial charge is 0.239 e. The van der Waals surface area contributed by atoms with Crippen molar-refractivity contribution in [2.45, 2.75) is 38.3 Å². The van der Waals surface area contributed by atoms with Crippen LogP contribution in [0.15, 0.2) is 24.3 Å². The van der Waals surface area contributed by atoms with Gasteiger partial charge in [0.05, 0.1) is 12.1 Å². The van der Waals surface area contributed by atoms with Crippen molar-refractivity contribution < 1.29 is 9.18 Å². The number of carbonyl (C=O) groups is 1. The molecule has 19 heavy (non-hydrogen) atoms. The number of hydrogen-bond donors (Lipinski definition) is 1. The molecule has 2 rings (SSSR count). The van der Waals surface area contributed by atoms with E-state index in [0.717, 1.165) is 25.8 Å². The van der Waals surface area contributed by atoms with Gasteiger partial charge >= 0.3 is 0 Å². The van der Waals surface area contributed by atoms with Gasteiger partial charge in [-0.2, -0.15) is 0 Å². The van der Waals surface area contributed by atoms with E-state index in [1.54, 1.807) is 30.1 Å². The quantitative estimate of drug-likeness (QED) is 0.909. The molecule has 4 heteroatoms. The van der Waals surface area contributed by atoms with Crippen molar-refractivity contribution in [2.24, 2.45) is 0 Å². The minimum atomic E-state index is -0.258. The van der Waals surface area contributed by atoms with E-state index in [1.165, 1.54) is 6.07 Å². The van der Waals surface area contributed by atoms with E-state index in [4.69, 9.17) is 0 Å². The van der Waals surface area contributed by atoms with E-state index >= 15 is 0 Å². The predicted octanol–water partition coefficient (Wildman–Crippen LogP) is 2.49. The summed E-state index contributed by atoms with van der Waals surface area (Å²) in [6, 6.07) is 6.26. The summed E-state index contributed by atoms with van der Waals surface area (Å²) >= 11 is 0. The highest BCUT2D eigenvalue weighted by Crippen LogP contribution is 2.23. The molecule has 0 aromatic heterocycles. The normalized spacial score (nSPS) is 20.9. The van der Waals surface area contributed by atoms with Gasteiger partial charge in [-0.25, -0.2) is 4.39 Å². The van der Waals surface area contributed by atoms with Gasteiger partial charge in [0, 0.05) is 12.6 Å². The van der Waals surface area contributed by atoms with Crippen LogP contribution in [0.25, 0.3) is 0 Å². The van der Waals surface area contributed by atoms with E-state index in [1.807, 2.05) is 6.92 Å². The van der Waals surface area contributed by atoms with Crippen LogP contribution < -0.4 is 5.32 Å². The Kier molecular flexibility index (Phi) is 4.53. The van der Waals surface area contributed by atoms with Gasteiger partial charge in [0.1, 0.15) is 5.82 Å². The maximum absolute atomic E-state index is 13.8. The van der Waals surface area contributed by atoms with Gasteiger partial charge in [-0.05, 0) is 32.4 Å². The van der Waals surface area contributed by atoms with E-state index in [-0.39, 0.29) is 23.8 Å². The summed E-state index contributed by atoms with van der Waals surface area (Å²) in [6.07, 6.45) is 3.06. The Morgan fingerprint density at radius 1 is 1.42 bits per heavy atom.